The number of halogens is 1. The monoisotopic (exact) mass is 438 g/mol. The molecule has 140 valence electrons. The normalized spacial score (nSPS) is 10.6. The predicted octanol–water partition coefficient (Wildman–Crippen LogP) is 4.55. The van der Waals surface area contributed by atoms with Crippen LogP contribution in [0.25, 0.3) is 16.9 Å². The van der Waals surface area contributed by atoms with Crippen LogP contribution < -0.4 is 10.1 Å². The number of hydrogen-bond donors (Lipinski definition) is 1. The second kappa shape index (κ2) is 7.69. The fourth-order valence-electron chi connectivity index (χ4n) is 2.61. The molecular weight excluding hydrogens is 424 g/mol. The van der Waals surface area contributed by atoms with E-state index in [4.69, 9.17) is 9.15 Å². The summed E-state index contributed by atoms with van der Waals surface area (Å²) in [6.45, 7) is 0. The number of furan rings is 1. The molecule has 0 bridgehead atoms. The van der Waals surface area contributed by atoms with Gasteiger partial charge < -0.3 is 14.5 Å². The van der Waals surface area contributed by atoms with Gasteiger partial charge in [0.25, 0.3) is 5.91 Å². The van der Waals surface area contributed by atoms with E-state index in [1.165, 1.54) is 0 Å². The minimum atomic E-state index is -0.319. The lowest BCUT2D eigenvalue weighted by molar-refractivity contribution is 0.0995. The van der Waals surface area contributed by atoms with Crippen LogP contribution in [-0.2, 0) is 0 Å². The summed E-state index contributed by atoms with van der Waals surface area (Å²) in [6, 6.07) is 18.2. The summed E-state index contributed by atoms with van der Waals surface area (Å²) in [6.07, 6.45) is 1.84. The number of nitrogens with zero attached hydrogens (tertiary/aromatic N) is 3. The fraction of sp³-hybridized carbons (Fsp3) is 0.0500. The third-order valence-corrected chi connectivity index (χ3v) is 4.49. The highest BCUT2D eigenvalue weighted by atomic mass is 79.9. The number of benzene rings is 2. The maximum atomic E-state index is 12.1. The van der Waals surface area contributed by atoms with Gasteiger partial charge in [0, 0.05) is 11.3 Å². The highest BCUT2D eigenvalue weighted by Gasteiger charge is 2.11. The number of aromatic nitrogens is 3. The van der Waals surface area contributed by atoms with Gasteiger partial charge >= 0.3 is 0 Å². The average Bonchev–Trinajstić information content (AvgIpc) is 3.38. The molecule has 1 amide bonds. The van der Waals surface area contributed by atoms with Crippen LogP contribution in [0.3, 0.4) is 0 Å². The summed E-state index contributed by atoms with van der Waals surface area (Å²) in [5.74, 6) is 0.702. The van der Waals surface area contributed by atoms with Gasteiger partial charge in [0.1, 0.15) is 11.4 Å². The van der Waals surface area contributed by atoms with Crippen LogP contribution in [0.15, 0.2) is 75.9 Å². The number of hydrogen-bond acceptors (Lipinski definition) is 5. The lowest BCUT2D eigenvalue weighted by atomic mass is 10.1. The van der Waals surface area contributed by atoms with E-state index in [0.717, 1.165) is 22.7 Å². The molecule has 2 aromatic carbocycles. The smallest absolute Gasteiger partial charge is 0.291 e. The fourth-order valence-corrected chi connectivity index (χ4v) is 2.92. The van der Waals surface area contributed by atoms with Gasteiger partial charge in [0.2, 0.25) is 0 Å². The van der Waals surface area contributed by atoms with Crippen LogP contribution >= 0.6 is 15.9 Å². The second-order valence-corrected chi connectivity index (χ2v) is 6.66. The number of carbonyl (C=O) groups excluding carboxylic acids is 1. The van der Waals surface area contributed by atoms with Gasteiger partial charge in [-0.2, -0.15) is 0 Å². The number of anilines is 1. The van der Waals surface area contributed by atoms with Gasteiger partial charge in [-0.25, -0.2) is 4.68 Å². The van der Waals surface area contributed by atoms with Gasteiger partial charge in [0.05, 0.1) is 19.0 Å². The van der Waals surface area contributed by atoms with Crippen molar-refractivity contribution in [1.29, 1.82) is 0 Å². The van der Waals surface area contributed by atoms with Gasteiger partial charge in [-0.05, 0) is 76.6 Å². The van der Waals surface area contributed by atoms with Crippen molar-refractivity contribution in [3.05, 3.63) is 77.3 Å². The van der Waals surface area contributed by atoms with E-state index in [1.807, 2.05) is 42.6 Å². The molecule has 1 N–H and O–H groups in total. The number of amides is 1. The molecule has 0 radical (unpaired) electrons. The Morgan fingerprint density at radius 2 is 1.82 bits per heavy atom. The lowest BCUT2D eigenvalue weighted by Crippen LogP contribution is -2.10. The van der Waals surface area contributed by atoms with Crippen LogP contribution in [0.4, 0.5) is 5.69 Å². The Kier molecular flexibility index (Phi) is 4.94. The number of methoxy groups -OCH3 is 1. The SMILES string of the molecule is COc1ccc(-c2cn(-c3ccc(NC(=O)c4ccc(Br)o4)cc3)nn2)cc1. The maximum Gasteiger partial charge on any atom is 0.291 e. The molecule has 0 saturated heterocycles. The van der Waals surface area contributed by atoms with E-state index in [-0.39, 0.29) is 11.7 Å². The van der Waals surface area contributed by atoms with E-state index in [2.05, 4.69) is 31.6 Å². The Balaban J connectivity index is 1.48. The third kappa shape index (κ3) is 3.81. The minimum Gasteiger partial charge on any atom is -0.497 e. The molecule has 0 aliphatic carbocycles. The largest absolute Gasteiger partial charge is 0.497 e. The molecule has 8 heteroatoms. The molecule has 0 spiro atoms. The summed E-state index contributed by atoms with van der Waals surface area (Å²) in [5, 5.41) is 11.2. The first kappa shape index (κ1) is 18.0. The molecule has 0 aliphatic heterocycles. The number of ether oxygens (including phenoxy) is 1. The molecule has 0 atom stereocenters. The molecule has 2 aromatic heterocycles. The van der Waals surface area contributed by atoms with Gasteiger partial charge in [-0.15, -0.1) is 5.10 Å². The van der Waals surface area contributed by atoms with Gasteiger partial charge in [-0.1, -0.05) is 5.21 Å². The topological polar surface area (TPSA) is 82.2 Å². The lowest BCUT2D eigenvalue weighted by Gasteiger charge is -2.05. The first-order chi connectivity index (χ1) is 13.6. The van der Waals surface area contributed by atoms with Crippen molar-refractivity contribution in [3.8, 4) is 22.7 Å². The Hall–Kier alpha value is -3.39. The molecule has 7 nitrogen and oxygen atoms in total. The first-order valence-corrected chi connectivity index (χ1v) is 9.15. The number of nitrogens with one attached hydrogen (secondary N) is 1. The van der Waals surface area contributed by atoms with Gasteiger partial charge in [0.15, 0.2) is 10.4 Å². The Morgan fingerprint density at radius 3 is 2.46 bits per heavy atom. The van der Waals surface area contributed by atoms with Crippen LogP contribution in [0.1, 0.15) is 10.6 Å². The molecule has 0 saturated carbocycles. The van der Waals surface area contributed by atoms with Crippen LogP contribution in [0.2, 0.25) is 0 Å². The molecular formula is C20H15BrN4O3. The third-order valence-electron chi connectivity index (χ3n) is 4.07. The highest BCUT2D eigenvalue weighted by molar-refractivity contribution is 9.10. The zero-order chi connectivity index (χ0) is 19.5. The highest BCUT2D eigenvalue weighted by Crippen LogP contribution is 2.22. The van der Waals surface area contributed by atoms with Crippen molar-refractivity contribution in [2.45, 2.75) is 0 Å². The summed E-state index contributed by atoms with van der Waals surface area (Å²) < 4.78 is 12.6. The summed E-state index contributed by atoms with van der Waals surface area (Å²) in [7, 11) is 1.63. The Morgan fingerprint density at radius 1 is 1.07 bits per heavy atom. The van der Waals surface area contributed by atoms with E-state index < -0.39 is 0 Å². The van der Waals surface area contributed by atoms with Crippen molar-refractivity contribution in [2.75, 3.05) is 12.4 Å². The number of rotatable bonds is 5. The first-order valence-electron chi connectivity index (χ1n) is 8.36. The second-order valence-electron chi connectivity index (χ2n) is 5.88. The molecule has 0 unspecified atom stereocenters. The van der Waals surface area contributed by atoms with E-state index in [9.17, 15) is 4.79 Å². The van der Waals surface area contributed by atoms with Crippen LogP contribution in [-0.4, -0.2) is 28.0 Å². The van der Waals surface area contributed by atoms with E-state index >= 15 is 0 Å². The quantitative estimate of drug-likeness (QED) is 0.494. The van der Waals surface area contributed by atoms with Crippen molar-refractivity contribution < 1.29 is 13.9 Å². The Bertz CT molecular complexity index is 1100. The summed E-state index contributed by atoms with van der Waals surface area (Å²) in [5.41, 5.74) is 3.17. The van der Waals surface area contributed by atoms with Crippen molar-refractivity contribution >= 4 is 27.5 Å². The van der Waals surface area contributed by atoms with Crippen molar-refractivity contribution in [1.82, 2.24) is 15.0 Å². The molecule has 28 heavy (non-hydrogen) atoms. The molecule has 4 aromatic rings. The Labute approximate surface area is 169 Å². The standard InChI is InChI=1S/C20H15BrN4O3/c1-27-16-8-2-13(3-9-16)17-12-25(24-23-17)15-6-4-14(5-7-15)22-20(26)18-10-11-19(21)28-18/h2-12H,1H3,(H,22,26). The molecule has 0 aliphatic rings. The zero-order valence-corrected chi connectivity index (χ0v) is 16.4. The zero-order valence-electron chi connectivity index (χ0n) is 14.8. The van der Waals surface area contributed by atoms with E-state index in [0.29, 0.717) is 10.4 Å². The van der Waals surface area contributed by atoms with Crippen molar-refractivity contribution in [3.63, 3.8) is 0 Å². The van der Waals surface area contributed by atoms with Crippen LogP contribution in [0, 0.1) is 0 Å². The summed E-state index contributed by atoms with van der Waals surface area (Å²) in [4.78, 5) is 12.1. The predicted molar refractivity (Wildman–Crippen MR) is 108 cm³/mol. The maximum absolute atomic E-state index is 12.1. The van der Waals surface area contributed by atoms with Crippen molar-refractivity contribution in [2.24, 2.45) is 0 Å². The average molecular weight is 439 g/mol. The molecule has 4 rings (SSSR count). The number of carbonyl (C=O) groups is 1. The summed E-state index contributed by atoms with van der Waals surface area (Å²) >= 11 is 3.18. The van der Waals surface area contributed by atoms with Gasteiger partial charge in [-0.3, -0.25) is 4.79 Å². The molecule has 0 fully saturated rings. The van der Waals surface area contributed by atoms with E-state index in [1.54, 1.807) is 36.1 Å². The minimum absolute atomic E-state index is 0.233. The van der Waals surface area contributed by atoms with Crippen LogP contribution in [0.5, 0.6) is 5.75 Å². The molecule has 2 heterocycles.